The molecule has 1 aliphatic rings. The predicted molar refractivity (Wildman–Crippen MR) is 106 cm³/mol. The van der Waals surface area contributed by atoms with Crippen LogP contribution < -0.4 is 10.2 Å². The predicted octanol–water partition coefficient (Wildman–Crippen LogP) is 3.34. The maximum absolute atomic E-state index is 12.8. The monoisotopic (exact) mass is 362 g/mol. The molecule has 6 nitrogen and oxygen atoms in total. The second-order valence-electron chi connectivity index (χ2n) is 6.67. The summed E-state index contributed by atoms with van der Waals surface area (Å²) in [6.07, 6.45) is 0. The number of benzene rings is 2. The van der Waals surface area contributed by atoms with Crippen LogP contribution in [0.4, 0.5) is 11.4 Å². The van der Waals surface area contributed by atoms with Gasteiger partial charge in [0.15, 0.2) is 0 Å². The van der Waals surface area contributed by atoms with Gasteiger partial charge in [-0.1, -0.05) is 12.1 Å². The molecule has 138 valence electrons. The number of para-hydroxylation sites is 2. The van der Waals surface area contributed by atoms with Crippen LogP contribution in [0, 0.1) is 13.8 Å². The Bertz CT molecular complexity index is 997. The number of hydrogen-bond acceptors (Lipinski definition) is 5. The van der Waals surface area contributed by atoms with Crippen LogP contribution >= 0.6 is 0 Å². The van der Waals surface area contributed by atoms with E-state index in [-0.39, 0.29) is 5.91 Å². The molecular formula is C21H22N4O2. The summed E-state index contributed by atoms with van der Waals surface area (Å²) in [4.78, 5) is 24.1. The average Bonchev–Trinajstić information content (AvgIpc) is 2.69. The smallest absolute Gasteiger partial charge is 0.255 e. The molecule has 0 unspecified atom stereocenters. The van der Waals surface area contributed by atoms with Gasteiger partial charge in [-0.15, -0.1) is 0 Å². The number of rotatable bonds is 3. The lowest BCUT2D eigenvalue weighted by molar-refractivity contribution is 0.102. The molecule has 27 heavy (non-hydrogen) atoms. The van der Waals surface area contributed by atoms with Gasteiger partial charge in [0.25, 0.3) is 5.91 Å². The topological polar surface area (TPSA) is 67.4 Å². The van der Waals surface area contributed by atoms with Crippen molar-refractivity contribution in [3.05, 3.63) is 59.4 Å². The maximum atomic E-state index is 12.8. The van der Waals surface area contributed by atoms with Crippen molar-refractivity contribution < 1.29 is 9.53 Å². The molecule has 6 heteroatoms. The highest BCUT2D eigenvalue weighted by Crippen LogP contribution is 2.27. The number of nitrogens with zero attached hydrogens (tertiary/aromatic N) is 3. The molecule has 1 aliphatic heterocycles. The highest BCUT2D eigenvalue weighted by molar-refractivity contribution is 6.07. The summed E-state index contributed by atoms with van der Waals surface area (Å²) >= 11 is 0. The number of amides is 1. The SMILES string of the molecule is Cc1nc2ccc(C(=O)Nc3ccccc3N3CCOCC3)cc2nc1C. The van der Waals surface area contributed by atoms with Gasteiger partial charge in [-0.3, -0.25) is 4.79 Å². The van der Waals surface area contributed by atoms with E-state index in [0.29, 0.717) is 18.8 Å². The van der Waals surface area contributed by atoms with E-state index in [2.05, 4.69) is 20.2 Å². The second kappa shape index (κ2) is 7.32. The summed E-state index contributed by atoms with van der Waals surface area (Å²) in [6, 6.07) is 13.3. The molecule has 0 bridgehead atoms. The first kappa shape index (κ1) is 17.4. The lowest BCUT2D eigenvalue weighted by Gasteiger charge is -2.30. The second-order valence-corrected chi connectivity index (χ2v) is 6.67. The Labute approximate surface area is 158 Å². The summed E-state index contributed by atoms with van der Waals surface area (Å²) in [6.45, 7) is 6.89. The molecule has 2 aromatic carbocycles. The molecule has 0 aliphatic carbocycles. The van der Waals surface area contributed by atoms with Crippen molar-refractivity contribution in [2.24, 2.45) is 0 Å². The molecule has 0 saturated carbocycles. The molecular weight excluding hydrogens is 340 g/mol. The van der Waals surface area contributed by atoms with E-state index in [1.807, 2.05) is 44.2 Å². The van der Waals surface area contributed by atoms with Gasteiger partial charge in [0.2, 0.25) is 0 Å². The number of morpholine rings is 1. The molecule has 2 heterocycles. The minimum atomic E-state index is -0.155. The van der Waals surface area contributed by atoms with Crippen LogP contribution in [0.15, 0.2) is 42.5 Å². The molecule has 0 spiro atoms. The number of aromatic nitrogens is 2. The molecule has 3 aromatic rings. The van der Waals surface area contributed by atoms with Gasteiger partial charge >= 0.3 is 0 Å². The molecule has 1 saturated heterocycles. The normalized spacial score (nSPS) is 14.4. The number of aryl methyl sites for hydroxylation is 2. The van der Waals surface area contributed by atoms with Crippen LogP contribution in [-0.4, -0.2) is 42.2 Å². The van der Waals surface area contributed by atoms with Crippen LogP contribution in [-0.2, 0) is 4.74 Å². The van der Waals surface area contributed by atoms with E-state index in [0.717, 1.165) is 46.9 Å². The Kier molecular flexibility index (Phi) is 4.73. The third-order valence-corrected chi connectivity index (χ3v) is 4.84. The van der Waals surface area contributed by atoms with E-state index < -0.39 is 0 Å². The molecule has 0 atom stereocenters. The van der Waals surface area contributed by atoms with E-state index in [1.54, 1.807) is 12.1 Å². The number of anilines is 2. The first-order chi connectivity index (χ1) is 13.1. The number of fused-ring (bicyclic) bond motifs is 1. The van der Waals surface area contributed by atoms with Gasteiger partial charge in [-0.05, 0) is 44.2 Å². The number of ether oxygens (including phenoxy) is 1. The minimum absolute atomic E-state index is 0.155. The summed E-state index contributed by atoms with van der Waals surface area (Å²) in [5, 5.41) is 3.05. The zero-order chi connectivity index (χ0) is 18.8. The molecule has 1 N–H and O–H groups in total. The Hall–Kier alpha value is -2.99. The van der Waals surface area contributed by atoms with E-state index >= 15 is 0 Å². The van der Waals surface area contributed by atoms with Crippen molar-refractivity contribution in [3.8, 4) is 0 Å². The third kappa shape index (κ3) is 3.61. The summed E-state index contributed by atoms with van der Waals surface area (Å²) in [7, 11) is 0. The Balaban J connectivity index is 1.61. The van der Waals surface area contributed by atoms with Gasteiger partial charge in [0.05, 0.1) is 47.0 Å². The van der Waals surface area contributed by atoms with Gasteiger partial charge < -0.3 is 15.0 Å². The van der Waals surface area contributed by atoms with Crippen LogP contribution in [0.3, 0.4) is 0 Å². The molecule has 4 rings (SSSR count). The van der Waals surface area contributed by atoms with Gasteiger partial charge in [0.1, 0.15) is 0 Å². The van der Waals surface area contributed by atoms with Crippen molar-refractivity contribution in [1.29, 1.82) is 0 Å². The van der Waals surface area contributed by atoms with Crippen molar-refractivity contribution in [2.45, 2.75) is 13.8 Å². The van der Waals surface area contributed by atoms with Crippen LogP contribution in [0.25, 0.3) is 11.0 Å². The standard InChI is InChI=1S/C21H22N4O2/c1-14-15(2)23-19-13-16(7-8-17(19)22-14)21(26)24-18-5-3-4-6-20(18)25-9-11-27-12-10-25/h3-8,13H,9-12H2,1-2H3,(H,24,26). The summed E-state index contributed by atoms with van der Waals surface area (Å²) in [5.41, 5.74) is 5.68. The zero-order valence-corrected chi connectivity index (χ0v) is 15.5. The van der Waals surface area contributed by atoms with Gasteiger partial charge in [-0.2, -0.15) is 0 Å². The Morgan fingerprint density at radius 1 is 1.00 bits per heavy atom. The zero-order valence-electron chi connectivity index (χ0n) is 15.5. The summed E-state index contributed by atoms with van der Waals surface area (Å²) in [5.74, 6) is -0.155. The van der Waals surface area contributed by atoms with Gasteiger partial charge in [-0.25, -0.2) is 9.97 Å². The van der Waals surface area contributed by atoms with E-state index in [4.69, 9.17) is 4.74 Å². The third-order valence-electron chi connectivity index (χ3n) is 4.84. The fraction of sp³-hybridized carbons (Fsp3) is 0.286. The van der Waals surface area contributed by atoms with Crippen molar-refractivity contribution in [2.75, 3.05) is 36.5 Å². The number of hydrogen-bond donors (Lipinski definition) is 1. The fourth-order valence-electron chi connectivity index (χ4n) is 3.23. The summed E-state index contributed by atoms with van der Waals surface area (Å²) < 4.78 is 5.43. The molecule has 1 aromatic heterocycles. The highest BCUT2D eigenvalue weighted by atomic mass is 16.5. The van der Waals surface area contributed by atoms with Crippen LogP contribution in [0.2, 0.25) is 0 Å². The maximum Gasteiger partial charge on any atom is 0.255 e. The van der Waals surface area contributed by atoms with E-state index in [1.165, 1.54) is 0 Å². The molecule has 1 amide bonds. The first-order valence-corrected chi connectivity index (χ1v) is 9.10. The van der Waals surface area contributed by atoms with Gasteiger partial charge in [0, 0.05) is 18.7 Å². The number of nitrogens with one attached hydrogen (secondary N) is 1. The number of carbonyl (C=O) groups is 1. The highest BCUT2D eigenvalue weighted by Gasteiger charge is 2.16. The molecule has 1 fully saturated rings. The Morgan fingerprint density at radius 2 is 1.70 bits per heavy atom. The average molecular weight is 362 g/mol. The first-order valence-electron chi connectivity index (χ1n) is 9.10. The minimum Gasteiger partial charge on any atom is -0.378 e. The largest absolute Gasteiger partial charge is 0.378 e. The van der Waals surface area contributed by atoms with Crippen LogP contribution in [0.1, 0.15) is 21.7 Å². The van der Waals surface area contributed by atoms with Crippen molar-refractivity contribution in [1.82, 2.24) is 9.97 Å². The van der Waals surface area contributed by atoms with Crippen LogP contribution in [0.5, 0.6) is 0 Å². The Morgan fingerprint density at radius 3 is 2.48 bits per heavy atom. The van der Waals surface area contributed by atoms with E-state index in [9.17, 15) is 4.79 Å². The number of carbonyl (C=O) groups excluding carboxylic acids is 1. The lowest BCUT2D eigenvalue weighted by Crippen LogP contribution is -2.36. The fourth-order valence-corrected chi connectivity index (χ4v) is 3.23. The van der Waals surface area contributed by atoms with Crippen molar-refractivity contribution >= 4 is 28.3 Å². The lowest BCUT2D eigenvalue weighted by atomic mass is 10.1. The van der Waals surface area contributed by atoms with Crippen molar-refractivity contribution in [3.63, 3.8) is 0 Å². The molecule has 0 radical (unpaired) electrons. The quantitative estimate of drug-likeness (QED) is 0.774.